The van der Waals surface area contributed by atoms with E-state index in [0.717, 1.165) is 5.56 Å². The number of nitrogens with one attached hydrogen (secondary N) is 1. The van der Waals surface area contributed by atoms with Gasteiger partial charge in [0.05, 0.1) is 17.4 Å². The fourth-order valence-corrected chi connectivity index (χ4v) is 2.88. The van der Waals surface area contributed by atoms with E-state index in [2.05, 4.69) is 14.9 Å². The Labute approximate surface area is 143 Å². The number of fused-ring (bicyclic) bond motifs is 1. The van der Waals surface area contributed by atoms with Crippen molar-refractivity contribution >= 4 is 34.1 Å². The van der Waals surface area contributed by atoms with Gasteiger partial charge in [0.2, 0.25) is 0 Å². The van der Waals surface area contributed by atoms with Crippen molar-refractivity contribution in [1.82, 2.24) is 14.9 Å². The second-order valence-corrected chi connectivity index (χ2v) is 6.35. The Balaban J connectivity index is 1.81. The lowest BCUT2D eigenvalue weighted by molar-refractivity contribution is 0.311. The van der Waals surface area contributed by atoms with Gasteiger partial charge in [0.1, 0.15) is 5.82 Å². The lowest BCUT2D eigenvalue weighted by Gasteiger charge is -2.16. The van der Waals surface area contributed by atoms with Crippen LogP contribution in [0.5, 0.6) is 0 Å². The highest BCUT2D eigenvalue weighted by atomic mass is 35.5. The molecule has 1 N–H and O–H groups in total. The zero-order valence-electron chi connectivity index (χ0n) is 12.5. The van der Waals surface area contributed by atoms with E-state index in [1.807, 2.05) is 31.3 Å². The Morgan fingerprint density at radius 3 is 2.65 bits per heavy atom. The maximum Gasteiger partial charge on any atom is 0.258 e. The van der Waals surface area contributed by atoms with Gasteiger partial charge in [0, 0.05) is 16.6 Å². The van der Waals surface area contributed by atoms with Crippen LogP contribution >= 0.6 is 23.2 Å². The minimum absolute atomic E-state index is 0.177. The first-order chi connectivity index (χ1) is 11.0. The molecule has 0 aliphatic carbocycles. The molecule has 0 aliphatic heterocycles. The zero-order valence-corrected chi connectivity index (χ0v) is 14.0. The molecule has 1 aromatic heterocycles. The maximum absolute atomic E-state index is 12.1. The quantitative estimate of drug-likeness (QED) is 0.779. The first kappa shape index (κ1) is 16.0. The van der Waals surface area contributed by atoms with Crippen LogP contribution in [-0.4, -0.2) is 21.9 Å². The lowest BCUT2D eigenvalue weighted by Crippen LogP contribution is -2.21. The van der Waals surface area contributed by atoms with Gasteiger partial charge in [-0.2, -0.15) is 0 Å². The third-order valence-electron chi connectivity index (χ3n) is 3.48. The van der Waals surface area contributed by atoms with Gasteiger partial charge < -0.3 is 4.98 Å². The van der Waals surface area contributed by atoms with E-state index in [9.17, 15) is 4.79 Å². The van der Waals surface area contributed by atoms with Crippen LogP contribution in [0.15, 0.2) is 47.3 Å². The number of benzene rings is 2. The van der Waals surface area contributed by atoms with E-state index < -0.39 is 0 Å². The predicted octanol–water partition coefficient (Wildman–Crippen LogP) is 3.86. The van der Waals surface area contributed by atoms with Crippen molar-refractivity contribution < 1.29 is 0 Å². The summed E-state index contributed by atoms with van der Waals surface area (Å²) in [4.78, 5) is 21.5. The van der Waals surface area contributed by atoms with E-state index in [4.69, 9.17) is 23.2 Å². The van der Waals surface area contributed by atoms with E-state index >= 15 is 0 Å². The molecule has 3 aromatic rings. The Hall–Kier alpha value is -1.88. The fourth-order valence-electron chi connectivity index (χ4n) is 2.49. The molecule has 1 heterocycles. The van der Waals surface area contributed by atoms with Crippen molar-refractivity contribution in [3.63, 3.8) is 0 Å². The number of H-pyrrole nitrogens is 1. The molecular formula is C17H15Cl2N3O. The molecule has 0 radical (unpaired) electrons. The van der Waals surface area contributed by atoms with Crippen LogP contribution in [0.25, 0.3) is 10.9 Å². The second kappa shape index (κ2) is 6.71. The molecule has 3 rings (SSSR count). The third kappa shape index (κ3) is 3.91. The van der Waals surface area contributed by atoms with Gasteiger partial charge in [-0.05, 0) is 42.9 Å². The van der Waals surface area contributed by atoms with Crippen LogP contribution in [0.1, 0.15) is 11.4 Å². The molecule has 0 spiro atoms. The molecule has 118 valence electrons. The minimum Gasteiger partial charge on any atom is -0.309 e. The summed E-state index contributed by atoms with van der Waals surface area (Å²) in [5, 5.41) is 1.74. The number of hydrogen-bond acceptors (Lipinski definition) is 3. The smallest absolute Gasteiger partial charge is 0.258 e. The SMILES string of the molecule is CN(Cc1cccc(Cl)c1)Cc1nc2ccc(Cl)cc2c(=O)[nH]1. The summed E-state index contributed by atoms with van der Waals surface area (Å²) in [7, 11) is 1.97. The first-order valence-electron chi connectivity index (χ1n) is 7.13. The maximum atomic E-state index is 12.1. The van der Waals surface area contributed by atoms with Gasteiger partial charge >= 0.3 is 0 Å². The zero-order chi connectivity index (χ0) is 16.4. The lowest BCUT2D eigenvalue weighted by atomic mass is 10.2. The number of aromatic amines is 1. The van der Waals surface area contributed by atoms with Crippen LogP contribution in [0.3, 0.4) is 0 Å². The summed E-state index contributed by atoms with van der Waals surface area (Å²) >= 11 is 11.9. The van der Waals surface area contributed by atoms with Crippen molar-refractivity contribution in [2.75, 3.05) is 7.05 Å². The molecule has 4 nitrogen and oxygen atoms in total. The highest BCUT2D eigenvalue weighted by Crippen LogP contribution is 2.15. The van der Waals surface area contributed by atoms with Crippen LogP contribution in [-0.2, 0) is 13.1 Å². The van der Waals surface area contributed by atoms with Crippen molar-refractivity contribution in [1.29, 1.82) is 0 Å². The molecule has 0 aliphatic rings. The average molecular weight is 348 g/mol. The normalized spacial score (nSPS) is 11.3. The second-order valence-electron chi connectivity index (χ2n) is 5.48. The Kier molecular flexibility index (Phi) is 4.66. The summed E-state index contributed by atoms with van der Waals surface area (Å²) in [6.07, 6.45) is 0. The molecule has 0 atom stereocenters. The van der Waals surface area contributed by atoms with Gasteiger partial charge in [-0.3, -0.25) is 9.69 Å². The monoisotopic (exact) mass is 347 g/mol. The fraction of sp³-hybridized carbons (Fsp3) is 0.176. The molecule has 0 fully saturated rings. The largest absolute Gasteiger partial charge is 0.309 e. The Morgan fingerprint density at radius 2 is 1.87 bits per heavy atom. The van der Waals surface area contributed by atoms with E-state index in [1.165, 1.54) is 0 Å². The molecule has 0 bridgehead atoms. The highest BCUT2D eigenvalue weighted by molar-refractivity contribution is 6.31. The summed E-state index contributed by atoms with van der Waals surface area (Å²) in [5.41, 5.74) is 1.57. The Bertz CT molecular complexity index is 908. The van der Waals surface area contributed by atoms with Crippen molar-refractivity contribution in [2.24, 2.45) is 0 Å². The summed E-state index contributed by atoms with van der Waals surface area (Å²) < 4.78 is 0. The van der Waals surface area contributed by atoms with E-state index in [-0.39, 0.29) is 5.56 Å². The van der Waals surface area contributed by atoms with Crippen LogP contribution in [0, 0.1) is 0 Å². The molecule has 0 amide bonds. The highest BCUT2D eigenvalue weighted by Gasteiger charge is 2.08. The molecule has 23 heavy (non-hydrogen) atoms. The molecule has 0 saturated heterocycles. The number of hydrogen-bond donors (Lipinski definition) is 1. The molecule has 0 saturated carbocycles. The van der Waals surface area contributed by atoms with Gasteiger partial charge in [-0.15, -0.1) is 0 Å². The summed E-state index contributed by atoms with van der Waals surface area (Å²) in [5.74, 6) is 0.620. The summed E-state index contributed by atoms with van der Waals surface area (Å²) in [6.45, 7) is 1.24. The van der Waals surface area contributed by atoms with Crippen molar-refractivity contribution in [3.05, 3.63) is 74.3 Å². The van der Waals surface area contributed by atoms with E-state index in [1.54, 1.807) is 18.2 Å². The summed E-state index contributed by atoms with van der Waals surface area (Å²) in [6, 6.07) is 12.8. The van der Waals surface area contributed by atoms with Gasteiger partial charge in [-0.25, -0.2) is 4.98 Å². The Morgan fingerprint density at radius 1 is 1.09 bits per heavy atom. The van der Waals surface area contributed by atoms with Gasteiger partial charge in [0.25, 0.3) is 5.56 Å². The van der Waals surface area contributed by atoms with Crippen molar-refractivity contribution in [2.45, 2.75) is 13.1 Å². The molecular weight excluding hydrogens is 333 g/mol. The molecule has 6 heteroatoms. The van der Waals surface area contributed by atoms with Crippen LogP contribution in [0.4, 0.5) is 0 Å². The first-order valence-corrected chi connectivity index (χ1v) is 7.88. The number of rotatable bonds is 4. The van der Waals surface area contributed by atoms with Gasteiger partial charge in [0.15, 0.2) is 0 Å². The predicted molar refractivity (Wildman–Crippen MR) is 94.0 cm³/mol. The van der Waals surface area contributed by atoms with Crippen LogP contribution in [0.2, 0.25) is 10.0 Å². The average Bonchev–Trinajstić information content (AvgIpc) is 2.48. The number of aromatic nitrogens is 2. The standard InChI is InChI=1S/C17H15Cl2N3O/c1-22(9-11-3-2-4-12(18)7-11)10-16-20-15-6-5-13(19)8-14(15)17(23)21-16/h2-8H,9-10H2,1H3,(H,20,21,23). The number of halogens is 2. The minimum atomic E-state index is -0.177. The topological polar surface area (TPSA) is 49.0 Å². The van der Waals surface area contributed by atoms with Crippen LogP contribution < -0.4 is 5.56 Å². The third-order valence-corrected chi connectivity index (χ3v) is 3.95. The molecule has 0 unspecified atom stereocenters. The van der Waals surface area contributed by atoms with Gasteiger partial charge in [-0.1, -0.05) is 35.3 Å². The van der Waals surface area contributed by atoms with E-state index in [0.29, 0.717) is 39.9 Å². The number of nitrogens with zero attached hydrogens (tertiary/aromatic N) is 2. The van der Waals surface area contributed by atoms with Crippen molar-refractivity contribution in [3.8, 4) is 0 Å². The molecule has 2 aromatic carbocycles.